The summed E-state index contributed by atoms with van der Waals surface area (Å²) < 4.78 is 0. The number of carbonyl (C=O) groups is 1. The summed E-state index contributed by atoms with van der Waals surface area (Å²) in [7, 11) is 0. The van der Waals surface area contributed by atoms with E-state index in [0.717, 1.165) is 18.5 Å². The topological polar surface area (TPSA) is 55.1 Å². The molecule has 1 rings (SSSR count). The first-order valence-electron chi connectivity index (χ1n) is 5.24. The van der Waals surface area contributed by atoms with Crippen molar-refractivity contribution in [2.45, 2.75) is 26.2 Å². The highest BCUT2D eigenvalue weighted by Crippen LogP contribution is 2.14. The van der Waals surface area contributed by atoms with Gasteiger partial charge in [-0.2, -0.15) is 11.3 Å². The van der Waals surface area contributed by atoms with Crippen LogP contribution in [0.2, 0.25) is 0 Å². The minimum Gasteiger partial charge on any atom is -0.330 e. The van der Waals surface area contributed by atoms with Gasteiger partial charge in [-0.25, -0.2) is 0 Å². The maximum atomic E-state index is 11.5. The van der Waals surface area contributed by atoms with Crippen molar-refractivity contribution in [2.75, 3.05) is 11.9 Å². The van der Waals surface area contributed by atoms with Crippen molar-refractivity contribution in [1.29, 1.82) is 0 Å². The predicted molar refractivity (Wildman–Crippen MR) is 65.0 cm³/mol. The monoisotopic (exact) mass is 226 g/mol. The molecule has 0 fully saturated rings. The van der Waals surface area contributed by atoms with E-state index in [4.69, 9.17) is 5.73 Å². The number of thiophene rings is 1. The van der Waals surface area contributed by atoms with Crippen molar-refractivity contribution in [3.8, 4) is 0 Å². The average molecular weight is 226 g/mol. The maximum absolute atomic E-state index is 11.5. The molecule has 1 atom stereocenters. The van der Waals surface area contributed by atoms with Crippen molar-refractivity contribution in [3.63, 3.8) is 0 Å². The molecule has 0 aliphatic carbocycles. The van der Waals surface area contributed by atoms with E-state index in [-0.39, 0.29) is 5.91 Å². The van der Waals surface area contributed by atoms with E-state index in [0.29, 0.717) is 18.9 Å². The molecule has 0 aromatic carbocycles. The zero-order chi connectivity index (χ0) is 11.1. The highest BCUT2D eigenvalue weighted by atomic mass is 32.1. The van der Waals surface area contributed by atoms with Crippen molar-refractivity contribution < 1.29 is 4.79 Å². The molecule has 0 bridgehead atoms. The second kappa shape index (κ2) is 6.58. The van der Waals surface area contributed by atoms with Crippen LogP contribution in [0.25, 0.3) is 0 Å². The molecule has 4 heteroatoms. The Kier molecular flexibility index (Phi) is 5.36. The fourth-order valence-electron chi connectivity index (χ4n) is 1.37. The van der Waals surface area contributed by atoms with Crippen LogP contribution in [0, 0.1) is 5.92 Å². The van der Waals surface area contributed by atoms with Crippen molar-refractivity contribution in [1.82, 2.24) is 0 Å². The number of amides is 1. The lowest BCUT2D eigenvalue weighted by atomic mass is 10.0. The molecule has 0 saturated carbocycles. The van der Waals surface area contributed by atoms with Gasteiger partial charge in [0.1, 0.15) is 0 Å². The molecule has 1 heterocycles. The standard InChI is InChI=1S/C11H18N2OS/c1-9(4-6-12)2-3-11(14)13-10-5-7-15-8-10/h5,7-9H,2-4,6,12H2,1H3,(H,13,14). The first kappa shape index (κ1) is 12.2. The van der Waals surface area contributed by atoms with Gasteiger partial charge in [-0.05, 0) is 36.8 Å². The minimum absolute atomic E-state index is 0.0947. The summed E-state index contributed by atoms with van der Waals surface area (Å²) in [5.74, 6) is 0.625. The third kappa shape index (κ3) is 4.95. The van der Waals surface area contributed by atoms with Crippen LogP contribution in [0.4, 0.5) is 5.69 Å². The Morgan fingerprint density at radius 2 is 2.40 bits per heavy atom. The van der Waals surface area contributed by atoms with Crippen molar-refractivity contribution in [2.24, 2.45) is 11.7 Å². The van der Waals surface area contributed by atoms with Gasteiger partial charge in [-0.3, -0.25) is 4.79 Å². The Morgan fingerprint density at radius 1 is 1.60 bits per heavy atom. The van der Waals surface area contributed by atoms with Gasteiger partial charge < -0.3 is 11.1 Å². The summed E-state index contributed by atoms with van der Waals surface area (Å²) >= 11 is 1.58. The molecular weight excluding hydrogens is 208 g/mol. The second-order valence-electron chi connectivity index (χ2n) is 3.78. The van der Waals surface area contributed by atoms with Crippen LogP contribution in [-0.4, -0.2) is 12.5 Å². The van der Waals surface area contributed by atoms with Crippen LogP contribution < -0.4 is 11.1 Å². The number of rotatable bonds is 6. The van der Waals surface area contributed by atoms with Gasteiger partial charge >= 0.3 is 0 Å². The van der Waals surface area contributed by atoms with Crippen LogP contribution in [0.3, 0.4) is 0 Å². The molecule has 0 aliphatic rings. The molecule has 1 aromatic rings. The average Bonchev–Trinajstić information content (AvgIpc) is 2.68. The lowest BCUT2D eigenvalue weighted by Gasteiger charge is -2.09. The fraction of sp³-hybridized carbons (Fsp3) is 0.545. The molecule has 0 radical (unpaired) electrons. The van der Waals surface area contributed by atoms with E-state index in [1.54, 1.807) is 11.3 Å². The molecule has 1 aromatic heterocycles. The van der Waals surface area contributed by atoms with Crippen LogP contribution in [0.1, 0.15) is 26.2 Å². The summed E-state index contributed by atoms with van der Waals surface area (Å²) in [6.07, 6.45) is 2.48. The Morgan fingerprint density at radius 3 is 3.00 bits per heavy atom. The lowest BCUT2D eigenvalue weighted by molar-refractivity contribution is -0.116. The van der Waals surface area contributed by atoms with E-state index in [9.17, 15) is 4.79 Å². The van der Waals surface area contributed by atoms with E-state index >= 15 is 0 Å². The van der Waals surface area contributed by atoms with Gasteiger partial charge in [-0.1, -0.05) is 6.92 Å². The van der Waals surface area contributed by atoms with Gasteiger partial charge in [0.2, 0.25) is 5.91 Å². The third-order valence-corrected chi connectivity index (χ3v) is 3.01. The first-order chi connectivity index (χ1) is 7.22. The highest BCUT2D eigenvalue weighted by molar-refractivity contribution is 7.08. The molecule has 15 heavy (non-hydrogen) atoms. The Labute approximate surface area is 94.7 Å². The van der Waals surface area contributed by atoms with E-state index < -0.39 is 0 Å². The van der Waals surface area contributed by atoms with E-state index in [1.165, 1.54) is 0 Å². The Bertz CT molecular complexity index is 285. The van der Waals surface area contributed by atoms with Gasteiger partial charge in [0.05, 0.1) is 5.69 Å². The molecule has 1 amide bonds. The molecule has 1 unspecified atom stereocenters. The Hall–Kier alpha value is -0.870. The molecule has 0 spiro atoms. The molecule has 3 N–H and O–H groups in total. The maximum Gasteiger partial charge on any atom is 0.224 e. The number of nitrogens with one attached hydrogen (secondary N) is 1. The summed E-state index contributed by atoms with van der Waals surface area (Å²) in [4.78, 5) is 11.5. The van der Waals surface area contributed by atoms with E-state index in [2.05, 4.69) is 12.2 Å². The zero-order valence-corrected chi connectivity index (χ0v) is 9.85. The summed E-state index contributed by atoms with van der Waals surface area (Å²) in [5.41, 5.74) is 6.35. The van der Waals surface area contributed by atoms with Crippen LogP contribution >= 0.6 is 11.3 Å². The number of nitrogens with two attached hydrogens (primary N) is 1. The SMILES string of the molecule is CC(CCN)CCC(=O)Nc1ccsc1. The number of anilines is 1. The van der Waals surface area contributed by atoms with E-state index in [1.807, 2.05) is 16.8 Å². The largest absolute Gasteiger partial charge is 0.330 e. The van der Waals surface area contributed by atoms with Crippen LogP contribution in [0.15, 0.2) is 16.8 Å². The molecule has 0 aliphatic heterocycles. The highest BCUT2D eigenvalue weighted by Gasteiger charge is 2.06. The normalized spacial score (nSPS) is 12.4. The van der Waals surface area contributed by atoms with Crippen molar-refractivity contribution >= 4 is 22.9 Å². The summed E-state index contributed by atoms with van der Waals surface area (Å²) in [6.45, 7) is 2.83. The molecule has 84 valence electrons. The number of hydrogen-bond acceptors (Lipinski definition) is 3. The molecular formula is C11H18N2OS. The smallest absolute Gasteiger partial charge is 0.224 e. The second-order valence-corrected chi connectivity index (χ2v) is 4.56. The first-order valence-corrected chi connectivity index (χ1v) is 6.18. The summed E-state index contributed by atoms with van der Waals surface area (Å²) in [5, 5.41) is 6.74. The van der Waals surface area contributed by atoms with Crippen LogP contribution in [-0.2, 0) is 4.79 Å². The number of hydrogen-bond donors (Lipinski definition) is 2. The minimum atomic E-state index is 0.0947. The molecule has 0 saturated heterocycles. The van der Waals surface area contributed by atoms with Gasteiger partial charge in [-0.15, -0.1) is 0 Å². The fourth-order valence-corrected chi connectivity index (χ4v) is 1.95. The van der Waals surface area contributed by atoms with Crippen LogP contribution in [0.5, 0.6) is 0 Å². The summed E-state index contributed by atoms with van der Waals surface area (Å²) in [6, 6.07) is 1.91. The lowest BCUT2D eigenvalue weighted by Crippen LogP contribution is -2.13. The van der Waals surface area contributed by atoms with Gasteiger partial charge in [0.25, 0.3) is 0 Å². The number of carbonyl (C=O) groups excluding carboxylic acids is 1. The zero-order valence-electron chi connectivity index (χ0n) is 9.03. The quantitative estimate of drug-likeness (QED) is 0.783. The predicted octanol–water partition coefficient (Wildman–Crippen LogP) is 2.45. The third-order valence-electron chi connectivity index (χ3n) is 2.33. The van der Waals surface area contributed by atoms with Gasteiger partial charge in [0.15, 0.2) is 0 Å². The van der Waals surface area contributed by atoms with Crippen molar-refractivity contribution in [3.05, 3.63) is 16.8 Å². The Balaban J connectivity index is 2.19. The van der Waals surface area contributed by atoms with Gasteiger partial charge in [0, 0.05) is 11.8 Å². The molecule has 3 nitrogen and oxygen atoms in total.